The van der Waals surface area contributed by atoms with Crippen LogP contribution < -0.4 is 10.1 Å². The van der Waals surface area contributed by atoms with Crippen molar-refractivity contribution in [3.8, 4) is 17.0 Å². The van der Waals surface area contributed by atoms with Gasteiger partial charge in [0.25, 0.3) is 5.91 Å². The summed E-state index contributed by atoms with van der Waals surface area (Å²) in [5.41, 5.74) is 1.87. The average Bonchev–Trinajstić information content (AvgIpc) is 3.09. The first kappa shape index (κ1) is 19.4. The highest BCUT2D eigenvalue weighted by Crippen LogP contribution is 2.33. The van der Waals surface area contributed by atoms with Gasteiger partial charge in [0.1, 0.15) is 17.1 Å². The molecule has 3 heterocycles. The number of hydrogen-bond donors (Lipinski definition) is 1. The topological polar surface area (TPSA) is 81.4 Å². The Morgan fingerprint density at radius 1 is 1.13 bits per heavy atom. The summed E-state index contributed by atoms with van der Waals surface area (Å²) in [5.74, 6) is -0.827. The molecule has 0 saturated heterocycles. The van der Waals surface area contributed by atoms with Crippen LogP contribution in [0, 0.1) is 6.92 Å². The molecule has 4 aromatic rings. The van der Waals surface area contributed by atoms with E-state index in [-0.39, 0.29) is 28.3 Å². The molecule has 3 aromatic heterocycles. The van der Waals surface area contributed by atoms with Gasteiger partial charge >= 0.3 is 6.36 Å². The number of ether oxygens (including phenoxy) is 1. The van der Waals surface area contributed by atoms with E-state index < -0.39 is 12.3 Å². The maximum atomic E-state index is 12.7. The Balaban J connectivity index is 1.71. The van der Waals surface area contributed by atoms with Crippen LogP contribution in [0.2, 0.25) is 0 Å². The van der Waals surface area contributed by atoms with Gasteiger partial charge < -0.3 is 10.1 Å². The number of carbonyl (C=O) groups is 1. The summed E-state index contributed by atoms with van der Waals surface area (Å²) in [4.78, 5) is 21.0. The Labute approximate surface area is 168 Å². The summed E-state index contributed by atoms with van der Waals surface area (Å²) in [5, 5.41) is 6.81. The zero-order valence-corrected chi connectivity index (χ0v) is 15.5. The normalized spacial score (nSPS) is 11.5. The van der Waals surface area contributed by atoms with Crippen LogP contribution in [0.15, 0.2) is 61.1 Å². The zero-order chi connectivity index (χ0) is 21.3. The molecule has 30 heavy (non-hydrogen) atoms. The molecule has 0 fully saturated rings. The number of carbonyl (C=O) groups excluding carboxylic acids is 1. The Morgan fingerprint density at radius 2 is 1.93 bits per heavy atom. The molecule has 152 valence electrons. The second kappa shape index (κ2) is 7.47. The second-order valence-corrected chi connectivity index (χ2v) is 6.31. The van der Waals surface area contributed by atoms with Gasteiger partial charge in [-0.1, -0.05) is 18.2 Å². The standard InChI is InChI=1S/C20H14F3N5O2/c1-12-5-4-9-24-17(12)19(29)27-15-11-25-28-10-8-14(26-18(15)28)13-6-2-3-7-16(13)30-20(21,22)23/h2-11H,1H3,(H,27,29). The fourth-order valence-corrected chi connectivity index (χ4v) is 2.90. The molecule has 0 atom stereocenters. The lowest BCUT2D eigenvalue weighted by molar-refractivity contribution is -0.274. The molecule has 10 heteroatoms. The number of anilines is 1. The van der Waals surface area contributed by atoms with Gasteiger partial charge in [0.2, 0.25) is 0 Å². The van der Waals surface area contributed by atoms with Crippen molar-refractivity contribution in [2.75, 3.05) is 5.32 Å². The van der Waals surface area contributed by atoms with Crippen molar-refractivity contribution in [2.24, 2.45) is 0 Å². The van der Waals surface area contributed by atoms with E-state index in [1.54, 1.807) is 25.1 Å². The third-order valence-electron chi connectivity index (χ3n) is 4.23. The molecular formula is C20H14F3N5O2. The third kappa shape index (κ3) is 3.93. The first-order chi connectivity index (χ1) is 14.3. The molecule has 1 N–H and O–H groups in total. The average molecular weight is 413 g/mol. The van der Waals surface area contributed by atoms with Crippen LogP contribution in [0.25, 0.3) is 16.9 Å². The van der Waals surface area contributed by atoms with Crippen molar-refractivity contribution in [3.05, 3.63) is 72.3 Å². The number of para-hydroxylation sites is 1. The molecule has 0 saturated carbocycles. The van der Waals surface area contributed by atoms with Crippen LogP contribution in [-0.4, -0.2) is 31.9 Å². The number of nitrogens with zero attached hydrogens (tertiary/aromatic N) is 4. The second-order valence-electron chi connectivity index (χ2n) is 6.31. The maximum absolute atomic E-state index is 12.7. The van der Waals surface area contributed by atoms with Gasteiger partial charge in [-0.2, -0.15) is 5.10 Å². The summed E-state index contributed by atoms with van der Waals surface area (Å²) in [7, 11) is 0. The van der Waals surface area contributed by atoms with Gasteiger partial charge in [-0.3, -0.25) is 9.78 Å². The van der Waals surface area contributed by atoms with Crippen LogP contribution in [0.5, 0.6) is 5.75 Å². The summed E-state index contributed by atoms with van der Waals surface area (Å²) in [6.45, 7) is 1.76. The van der Waals surface area contributed by atoms with E-state index in [0.717, 1.165) is 0 Å². The summed E-state index contributed by atoms with van der Waals surface area (Å²) >= 11 is 0. The number of nitrogens with one attached hydrogen (secondary N) is 1. The smallest absolute Gasteiger partial charge is 0.405 e. The number of benzene rings is 1. The zero-order valence-electron chi connectivity index (χ0n) is 15.5. The predicted octanol–water partition coefficient (Wildman–Crippen LogP) is 4.25. The number of hydrogen-bond acceptors (Lipinski definition) is 5. The Bertz CT molecular complexity index is 1240. The van der Waals surface area contributed by atoms with Crippen LogP contribution in [0.3, 0.4) is 0 Å². The highest BCUT2D eigenvalue weighted by molar-refractivity contribution is 6.05. The first-order valence-corrected chi connectivity index (χ1v) is 8.74. The Hall–Kier alpha value is -3.95. The quantitative estimate of drug-likeness (QED) is 0.541. The highest BCUT2D eigenvalue weighted by atomic mass is 19.4. The van der Waals surface area contributed by atoms with Crippen molar-refractivity contribution >= 4 is 17.2 Å². The van der Waals surface area contributed by atoms with Gasteiger partial charge in [-0.25, -0.2) is 9.50 Å². The van der Waals surface area contributed by atoms with Crippen LogP contribution in [-0.2, 0) is 0 Å². The SMILES string of the molecule is Cc1cccnc1C(=O)Nc1cnn2ccc(-c3ccccc3OC(F)(F)F)nc12. The molecule has 0 aliphatic carbocycles. The molecule has 0 aliphatic heterocycles. The van der Waals surface area contributed by atoms with E-state index in [1.807, 2.05) is 0 Å². The van der Waals surface area contributed by atoms with Crippen molar-refractivity contribution in [1.82, 2.24) is 19.6 Å². The molecule has 0 radical (unpaired) electrons. The van der Waals surface area contributed by atoms with Crippen LogP contribution in [0.4, 0.5) is 18.9 Å². The lowest BCUT2D eigenvalue weighted by Crippen LogP contribution is -2.17. The predicted molar refractivity (Wildman–Crippen MR) is 102 cm³/mol. The third-order valence-corrected chi connectivity index (χ3v) is 4.23. The van der Waals surface area contributed by atoms with Crippen molar-refractivity contribution in [2.45, 2.75) is 13.3 Å². The number of alkyl halides is 3. The van der Waals surface area contributed by atoms with E-state index in [0.29, 0.717) is 11.3 Å². The molecule has 0 spiro atoms. The fourth-order valence-electron chi connectivity index (χ4n) is 2.90. The maximum Gasteiger partial charge on any atom is 0.573 e. The lowest BCUT2D eigenvalue weighted by atomic mass is 10.1. The van der Waals surface area contributed by atoms with Crippen molar-refractivity contribution < 1.29 is 22.7 Å². The Morgan fingerprint density at radius 3 is 2.70 bits per heavy atom. The molecule has 7 nitrogen and oxygen atoms in total. The fraction of sp³-hybridized carbons (Fsp3) is 0.100. The highest BCUT2D eigenvalue weighted by Gasteiger charge is 2.32. The lowest BCUT2D eigenvalue weighted by Gasteiger charge is -2.13. The molecule has 0 aliphatic rings. The number of rotatable bonds is 4. The number of halogens is 3. The summed E-state index contributed by atoms with van der Waals surface area (Å²) < 4.78 is 43.7. The number of pyridine rings is 1. The molecular weight excluding hydrogens is 399 g/mol. The molecule has 0 bridgehead atoms. The van der Waals surface area contributed by atoms with Gasteiger partial charge in [0.05, 0.1) is 11.9 Å². The summed E-state index contributed by atoms with van der Waals surface area (Å²) in [6.07, 6.45) is -0.396. The van der Waals surface area contributed by atoms with E-state index in [1.165, 1.54) is 47.4 Å². The van der Waals surface area contributed by atoms with E-state index in [2.05, 4.69) is 25.1 Å². The number of fused-ring (bicyclic) bond motifs is 1. The monoisotopic (exact) mass is 413 g/mol. The van der Waals surface area contributed by atoms with Gasteiger partial charge in [0, 0.05) is 18.0 Å². The molecule has 4 rings (SSSR count). The molecule has 1 aromatic carbocycles. The first-order valence-electron chi connectivity index (χ1n) is 8.74. The van der Waals surface area contributed by atoms with Crippen LogP contribution in [0.1, 0.15) is 16.1 Å². The summed E-state index contributed by atoms with van der Waals surface area (Å²) in [6, 6.07) is 10.7. The molecule has 1 amide bonds. The van der Waals surface area contributed by atoms with Gasteiger partial charge in [-0.15, -0.1) is 13.2 Å². The van der Waals surface area contributed by atoms with Crippen LogP contribution >= 0.6 is 0 Å². The number of amides is 1. The van der Waals surface area contributed by atoms with E-state index in [9.17, 15) is 18.0 Å². The minimum atomic E-state index is -4.84. The number of aromatic nitrogens is 4. The molecule has 0 unspecified atom stereocenters. The van der Waals surface area contributed by atoms with Crippen molar-refractivity contribution in [3.63, 3.8) is 0 Å². The van der Waals surface area contributed by atoms with Crippen molar-refractivity contribution in [1.29, 1.82) is 0 Å². The Kier molecular flexibility index (Phi) is 4.82. The van der Waals surface area contributed by atoms with E-state index >= 15 is 0 Å². The van der Waals surface area contributed by atoms with E-state index in [4.69, 9.17) is 0 Å². The van der Waals surface area contributed by atoms with Gasteiger partial charge in [0.15, 0.2) is 5.65 Å². The number of aryl methyl sites for hydroxylation is 1. The minimum absolute atomic E-state index is 0.149. The van der Waals surface area contributed by atoms with Gasteiger partial charge in [-0.05, 0) is 36.8 Å². The minimum Gasteiger partial charge on any atom is -0.405 e. The largest absolute Gasteiger partial charge is 0.573 e.